The molecule has 0 radical (unpaired) electrons. The zero-order valence-electron chi connectivity index (χ0n) is 13.7. The number of ether oxygens (including phenoxy) is 2. The normalized spacial score (nSPS) is 12.2. The summed E-state index contributed by atoms with van der Waals surface area (Å²) in [6.45, 7) is 0.528. The second-order valence-electron chi connectivity index (χ2n) is 5.83. The van der Waals surface area contributed by atoms with Crippen LogP contribution in [0.15, 0.2) is 53.1 Å². The molecule has 0 aliphatic carbocycles. The van der Waals surface area contributed by atoms with Crippen molar-refractivity contribution in [3.8, 4) is 22.8 Å². The number of carbonyl (C=O) groups excluding carboxylic acids is 1. The quantitative estimate of drug-likeness (QED) is 0.762. The summed E-state index contributed by atoms with van der Waals surface area (Å²) in [6, 6.07) is 13.1. The molecule has 7 heteroatoms. The fourth-order valence-electron chi connectivity index (χ4n) is 2.61. The maximum absolute atomic E-state index is 12.9. The molecule has 2 heterocycles. The summed E-state index contributed by atoms with van der Waals surface area (Å²) < 4.78 is 28.8. The highest BCUT2D eigenvalue weighted by molar-refractivity contribution is 5.78. The van der Waals surface area contributed by atoms with Crippen LogP contribution >= 0.6 is 0 Å². The molecule has 1 aromatic heterocycles. The summed E-state index contributed by atoms with van der Waals surface area (Å²) in [5.41, 5.74) is 2.13. The number of carbonyl (C=O) groups is 1. The molecule has 2 aromatic carbocycles. The highest BCUT2D eigenvalue weighted by atomic mass is 19.1. The number of hydrogen-bond acceptors (Lipinski definition) is 5. The lowest BCUT2D eigenvalue weighted by atomic mass is 10.1. The van der Waals surface area contributed by atoms with Crippen molar-refractivity contribution in [3.63, 3.8) is 0 Å². The third-order valence-corrected chi connectivity index (χ3v) is 3.96. The van der Waals surface area contributed by atoms with Crippen molar-refractivity contribution in [2.75, 3.05) is 6.79 Å². The Morgan fingerprint density at radius 2 is 1.88 bits per heavy atom. The van der Waals surface area contributed by atoms with E-state index in [2.05, 4.69) is 10.5 Å². The lowest BCUT2D eigenvalue weighted by Crippen LogP contribution is -2.24. The number of fused-ring (bicyclic) bond motifs is 1. The van der Waals surface area contributed by atoms with Crippen molar-refractivity contribution in [2.24, 2.45) is 0 Å². The van der Waals surface area contributed by atoms with Gasteiger partial charge in [-0.3, -0.25) is 4.79 Å². The lowest BCUT2D eigenvalue weighted by molar-refractivity contribution is -0.120. The van der Waals surface area contributed by atoms with Crippen molar-refractivity contribution in [2.45, 2.75) is 13.0 Å². The van der Waals surface area contributed by atoms with Crippen LogP contribution in [-0.2, 0) is 17.8 Å². The van der Waals surface area contributed by atoms with Crippen LogP contribution in [0.3, 0.4) is 0 Å². The smallest absolute Gasteiger partial charge is 0.231 e. The Bertz CT molecular complexity index is 937. The van der Waals surface area contributed by atoms with Crippen molar-refractivity contribution in [1.82, 2.24) is 10.5 Å². The Balaban J connectivity index is 1.37. The number of nitrogens with zero attached hydrogens (tertiary/aromatic N) is 1. The first-order chi connectivity index (χ1) is 12.7. The number of halogens is 1. The molecule has 0 atom stereocenters. The highest BCUT2D eigenvalue weighted by Crippen LogP contribution is 2.36. The van der Waals surface area contributed by atoms with E-state index in [4.69, 9.17) is 14.0 Å². The number of hydrogen-bond donors (Lipinski definition) is 1. The van der Waals surface area contributed by atoms with Crippen LogP contribution < -0.4 is 14.8 Å². The minimum atomic E-state index is -0.307. The molecule has 1 aliphatic heterocycles. The van der Waals surface area contributed by atoms with Gasteiger partial charge in [0, 0.05) is 18.2 Å². The van der Waals surface area contributed by atoms with E-state index in [1.165, 1.54) is 12.1 Å². The molecule has 4 rings (SSSR count). The predicted molar refractivity (Wildman–Crippen MR) is 90.0 cm³/mol. The van der Waals surface area contributed by atoms with Gasteiger partial charge in [0.1, 0.15) is 5.82 Å². The topological polar surface area (TPSA) is 73.6 Å². The number of aromatic nitrogens is 1. The standard InChI is InChI=1S/C19H15FN2O4/c20-14-4-1-12(2-5-14)10-21-19(23)9-15-8-17(26-22-15)13-3-6-16-18(7-13)25-11-24-16/h1-8H,9-11H2,(H,21,23). The zero-order valence-corrected chi connectivity index (χ0v) is 13.7. The minimum Gasteiger partial charge on any atom is -0.454 e. The molecule has 0 unspecified atom stereocenters. The molecule has 0 saturated carbocycles. The van der Waals surface area contributed by atoms with Crippen LogP contribution in [-0.4, -0.2) is 17.9 Å². The Labute approximate surface area is 148 Å². The van der Waals surface area contributed by atoms with Gasteiger partial charge in [-0.2, -0.15) is 0 Å². The van der Waals surface area contributed by atoms with Gasteiger partial charge in [0.25, 0.3) is 0 Å². The number of nitrogens with one attached hydrogen (secondary N) is 1. The Hall–Kier alpha value is -3.35. The van der Waals surface area contributed by atoms with E-state index >= 15 is 0 Å². The number of amides is 1. The molecular weight excluding hydrogens is 339 g/mol. The van der Waals surface area contributed by atoms with E-state index < -0.39 is 0 Å². The maximum atomic E-state index is 12.9. The van der Waals surface area contributed by atoms with E-state index in [1.807, 2.05) is 6.07 Å². The van der Waals surface area contributed by atoms with Crippen molar-refractivity contribution < 1.29 is 23.2 Å². The van der Waals surface area contributed by atoms with Gasteiger partial charge in [0.15, 0.2) is 17.3 Å². The zero-order chi connectivity index (χ0) is 17.9. The molecule has 1 amide bonds. The van der Waals surface area contributed by atoms with E-state index in [0.717, 1.165) is 11.1 Å². The van der Waals surface area contributed by atoms with Crippen LogP contribution in [0.1, 0.15) is 11.3 Å². The monoisotopic (exact) mass is 354 g/mol. The summed E-state index contributed by atoms with van der Waals surface area (Å²) in [7, 11) is 0. The molecular formula is C19H15FN2O4. The first-order valence-corrected chi connectivity index (χ1v) is 8.04. The van der Waals surface area contributed by atoms with Gasteiger partial charge in [-0.25, -0.2) is 4.39 Å². The lowest BCUT2D eigenvalue weighted by Gasteiger charge is -2.03. The van der Waals surface area contributed by atoms with Crippen LogP contribution in [0.2, 0.25) is 0 Å². The number of benzene rings is 2. The summed E-state index contributed by atoms with van der Waals surface area (Å²) >= 11 is 0. The van der Waals surface area contributed by atoms with Crippen LogP contribution in [0.25, 0.3) is 11.3 Å². The van der Waals surface area contributed by atoms with Crippen molar-refractivity contribution in [1.29, 1.82) is 0 Å². The first-order valence-electron chi connectivity index (χ1n) is 8.04. The molecule has 6 nitrogen and oxygen atoms in total. The van der Waals surface area contributed by atoms with Gasteiger partial charge >= 0.3 is 0 Å². The first kappa shape index (κ1) is 16.1. The molecule has 132 valence electrons. The van der Waals surface area contributed by atoms with Gasteiger partial charge in [-0.15, -0.1) is 0 Å². The average Bonchev–Trinajstić information content (AvgIpc) is 3.29. The summed E-state index contributed by atoms with van der Waals surface area (Å²) in [5.74, 6) is 1.38. The SMILES string of the molecule is O=C(Cc1cc(-c2ccc3c(c2)OCO3)on1)NCc1ccc(F)cc1. The van der Waals surface area contributed by atoms with Crippen molar-refractivity contribution in [3.05, 3.63) is 65.6 Å². The highest BCUT2D eigenvalue weighted by Gasteiger charge is 2.16. The van der Waals surface area contributed by atoms with Crippen LogP contribution in [0, 0.1) is 5.82 Å². The average molecular weight is 354 g/mol. The molecule has 26 heavy (non-hydrogen) atoms. The molecule has 3 aromatic rings. The Morgan fingerprint density at radius 3 is 2.73 bits per heavy atom. The molecule has 0 spiro atoms. The van der Waals surface area contributed by atoms with Crippen molar-refractivity contribution >= 4 is 5.91 Å². The molecule has 0 bridgehead atoms. The van der Waals surface area contributed by atoms with E-state index in [0.29, 0.717) is 29.5 Å². The third-order valence-electron chi connectivity index (χ3n) is 3.96. The fourth-order valence-corrected chi connectivity index (χ4v) is 2.61. The van der Waals surface area contributed by atoms with Crippen LogP contribution in [0.5, 0.6) is 11.5 Å². The van der Waals surface area contributed by atoms with Crippen LogP contribution in [0.4, 0.5) is 4.39 Å². The third kappa shape index (κ3) is 3.51. The van der Waals surface area contributed by atoms with Gasteiger partial charge in [-0.1, -0.05) is 17.3 Å². The van der Waals surface area contributed by atoms with E-state index in [9.17, 15) is 9.18 Å². The molecule has 1 N–H and O–H groups in total. The molecule has 0 saturated heterocycles. The second kappa shape index (κ2) is 6.87. The minimum absolute atomic E-state index is 0.0925. The van der Waals surface area contributed by atoms with E-state index in [1.54, 1.807) is 30.3 Å². The summed E-state index contributed by atoms with van der Waals surface area (Å²) in [6.07, 6.45) is 0.0925. The van der Waals surface area contributed by atoms with Gasteiger partial charge in [0.05, 0.1) is 12.1 Å². The maximum Gasteiger partial charge on any atom is 0.231 e. The van der Waals surface area contributed by atoms with Gasteiger partial charge < -0.3 is 19.3 Å². The summed E-state index contributed by atoms with van der Waals surface area (Å²) in [5, 5.41) is 6.71. The Morgan fingerprint density at radius 1 is 1.08 bits per heavy atom. The van der Waals surface area contributed by atoms with Gasteiger partial charge in [0.2, 0.25) is 12.7 Å². The second-order valence-corrected chi connectivity index (χ2v) is 5.83. The molecule has 1 aliphatic rings. The number of rotatable bonds is 5. The molecule has 0 fully saturated rings. The fraction of sp³-hybridized carbons (Fsp3) is 0.158. The largest absolute Gasteiger partial charge is 0.454 e. The summed E-state index contributed by atoms with van der Waals surface area (Å²) in [4.78, 5) is 12.0. The predicted octanol–water partition coefficient (Wildman–Crippen LogP) is 3.07. The van der Waals surface area contributed by atoms with E-state index in [-0.39, 0.29) is 24.9 Å². The van der Waals surface area contributed by atoms with Gasteiger partial charge in [-0.05, 0) is 35.9 Å². The Kier molecular flexibility index (Phi) is 4.27.